The summed E-state index contributed by atoms with van der Waals surface area (Å²) in [5.74, 6) is 0.856. The molecule has 46 heavy (non-hydrogen) atoms. The van der Waals surface area contributed by atoms with Gasteiger partial charge in [-0.05, 0) is 61.4 Å². The van der Waals surface area contributed by atoms with E-state index in [1.54, 1.807) is 52.3 Å². The molecule has 1 fully saturated rings. The highest BCUT2D eigenvalue weighted by Gasteiger charge is 2.45. The van der Waals surface area contributed by atoms with Gasteiger partial charge in [0.25, 0.3) is 0 Å². The summed E-state index contributed by atoms with van der Waals surface area (Å²) in [5.41, 5.74) is 2.80. The number of amides is 2. The predicted molar refractivity (Wildman–Crippen MR) is 185 cm³/mol. The molecule has 13 heteroatoms. The van der Waals surface area contributed by atoms with Crippen molar-refractivity contribution >= 4 is 63.1 Å². The first-order valence-electron chi connectivity index (χ1n) is 14.8. The number of halogens is 3. The monoisotopic (exact) mass is 706 g/mol. The molecule has 246 valence electrons. The van der Waals surface area contributed by atoms with E-state index in [1.165, 1.54) is 13.2 Å². The second kappa shape index (κ2) is 15.2. The van der Waals surface area contributed by atoms with Crippen molar-refractivity contribution in [1.29, 1.82) is 0 Å². The number of urea groups is 1. The third-order valence-corrected chi connectivity index (χ3v) is 9.47. The van der Waals surface area contributed by atoms with E-state index < -0.39 is 21.9 Å². The van der Waals surface area contributed by atoms with Crippen molar-refractivity contribution in [3.05, 3.63) is 99.0 Å². The van der Waals surface area contributed by atoms with E-state index >= 15 is 0 Å². The number of benzene rings is 3. The van der Waals surface area contributed by atoms with Crippen molar-refractivity contribution in [3.8, 4) is 5.75 Å². The summed E-state index contributed by atoms with van der Waals surface area (Å²) in [6.45, 7) is 6.07. The molecular formula is C33H37Cl3N4O5S. The van der Waals surface area contributed by atoms with E-state index in [0.29, 0.717) is 72.1 Å². The van der Waals surface area contributed by atoms with Crippen LogP contribution in [0.2, 0.25) is 10.0 Å². The van der Waals surface area contributed by atoms with Gasteiger partial charge in [0.05, 0.1) is 24.0 Å². The van der Waals surface area contributed by atoms with Gasteiger partial charge in [0, 0.05) is 54.6 Å². The molecule has 0 aromatic heterocycles. The Morgan fingerprint density at radius 1 is 0.913 bits per heavy atom. The highest BCUT2D eigenvalue weighted by molar-refractivity contribution is 7.90. The standard InChI is InChI=1S/C33H36Cl2N4O5S.ClH/c1-4-44-29-21-25(22(2)40)9-14-28(29)32-36-30(23-5-10-26(34)11-6-23)31(24-7-12-27(35)13-8-24)39(32)33(41)38-17-15-37(16-18-38)19-20-45(3,42)43;/h5-14,21,30-31H,4,15-20H2,1-3H3;1H/t30-,31+;/m0./s1. The van der Waals surface area contributed by atoms with E-state index in [4.69, 9.17) is 32.9 Å². The Morgan fingerprint density at radius 3 is 2.04 bits per heavy atom. The van der Waals surface area contributed by atoms with Crippen LogP contribution in [0.5, 0.6) is 5.75 Å². The number of carbonyl (C=O) groups is 2. The van der Waals surface area contributed by atoms with Crippen molar-refractivity contribution in [1.82, 2.24) is 14.7 Å². The number of hydrogen-bond donors (Lipinski definition) is 0. The van der Waals surface area contributed by atoms with Gasteiger partial charge >= 0.3 is 6.03 Å². The van der Waals surface area contributed by atoms with Gasteiger partial charge in [-0.2, -0.15) is 0 Å². The number of amidine groups is 1. The lowest BCUT2D eigenvalue weighted by Gasteiger charge is -2.39. The zero-order valence-corrected chi connectivity index (χ0v) is 29.0. The maximum absolute atomic E-state index is 14.6. The average molecular weight is 708 g/mol. The summed E-state index contributed by atoms with van der Waals surface area (Å²) >= 11 is 12.5. The SMILES string of the molecule is CCOc1cc(C(C)=O)ccc1C1=N[C@@H](c2ccc(Cl)cc2)[C@@H](c2ccc(Cl)cc2)N1C(=O)N1CCN(CCS(C)(=O)=O)CC1.Cl. The largest absolute Gasteiger partial charge is 0.493 e. The first-order valence-corrected chi connectivity index (χ1v) is 17.6. The van der Waals surface area contributed by atoms with Gasteiger partial charge in [-0.1, -0.05) is 53.5 Å². The lowest BCUT2D eigenvalue weighted by Crippen LogP contribution is -2.54. The van der Waals surface area contributed by atoms with Crippen LogP contribution in [-0.4, -0.2) is 92.1 Å². The minimum Gasteiger partial charge on any atom is -0.493 e. The zero-order valence-electron chi connectivity index (χ0n) is 25.9. The van der Waals surface area contributed by atoms with E-state index in [0.717, 1.165) is 11.1 Å². The second-order valence-corrected chi connectivity index (χ2v) is 14.4. The van der Waals surface area contributed by atoms with E-state index in [1.807, 2.05) is 31.2 Å². The fourth-order valence-corrected chi connectivity index (χ4v) is 6.51. The quantitative estimate of drug-likeness (QED) is 0.241. The maximum atomic E-state index is 14.6. The summed E-state index contributed by atoms with van der Waals surface area (Å²) < 4.78 is 29.5. The van der Waals surface area contributed by atoms with Crippen LogP contribution in [0, 0.1) is 0 Å². The van der Waals surface area contributed by atoms with Gasteiger partial charge in [-0.15, -0.1) is 12.4 Å². The van der Waals surface area contributed by atoms with Gasteiger partial charge in [0.15, 0.2) is 5.78 Å². The van der Waals surface area contributed by atoms with Crippen LogP contribution in [0.3, 0.4) is 0 Å². The van der Waals surface area contributed by atoms with Crippen LogP contribution in [-0.2, 0) is 9.84 Å². The second-order valence-electron chi connectivity index (χ2n) is 11.3. The molecular weight excluding hydrogens is 671 g/mol. The van der Waals surface area contributed by atoms with Crippen LogP contribution in [0.1, 0.15) is 53.0 Å². The highest BCUT2D eigenvalue weighted by atomic mass is 35.5. The van der Waals surface area contributed by atoms with E-state index in [9.17, 15) is 18.0 Å². The van der Waals surface area contributed by atoms with Gasteiger partial charge in [0.2, 0.25) is 0 Å². The number of piperazine rings is 1. The van der Waals surface area contributed by atoms with Crippen molar-refractivity contribution in [2.24, 2.45) is 4.99 Å². The average Bonchev–Trinajstić information content (AvgIpc) is 3.40. The van der Waals surface area contributed by atoms with Gasteiger partial charge in [-0.3, -0.25) is 19.6 Å². The number of hydrogen-bond acceptors (Lipinski definition) is 7. The van der Waals surface area contributed by atoms with Crippen LogP contribution in [0.15, 0.2) is 71.7 Å². The molecule has 0 aliphatic carbocycles. The molecule has 0 unspecified atom stereocenters. The molecule has 2 atom stereocenters. The molecule has 3 aromatic carbocycles. The van der Waals surface area contributed by atoms with Crippen molar-refractivity contribution in [2.45, 2.75) is 25.9 Å². The molecule has 1 saturated heterocycles. The fraction of sp³-hybridized carbons (Fsp3) is 0.364. The van der Waals surface area contributed by atoms with Crippen LogP contribution >= 0.6 is 35.6 Å². The predicted octanol–water partition coefficient (Wildman–Crippen LogP) is 6.34. The summed E-state index contributed by atoms with van der Waals surface area (Å²) in [6.07, 6.45) is 1.23. The molecule has 9 nitrogen and oxygen atoms in total. The number of ketones is 1. The molecule has 2 amide bonds. The summed E-state index contributed by atoms with van der Waals surface area (Å²) in [6, 6.07) is 18.8. The van der Waals surface area contributed by atoms with Gasteiger partial charge in [-0.25, -0.2) is 13.2 Å². The Balaban J connectivity index is 0.00000480. The summed E-state index contributed by atoms with van der Waals surface area (Å²) in [4.78, 5) is 37.7. The number of aliphatic imine (C=N–C) groups is 1. The minimum atomic E-state index is -3.09. The molecule has 0 saturated carbocycles. The number of ether oxygens (including phenoxy) is 1. The zero-order chi connectivity index (χ0) is 32.3. The van der Waals surface area contributed by atoms with Crippen LogP contribution in [0.25, 0.3) is 0 Å². The smallest absolute Gasteiger partial charge is 0.326 e. The summed E-state index contributed by atoms with van der Waals surface area (Å²) in [5, 5.41) is 1.16. The van der Waals surface area contributed by atoms with E-state index in [-0.39, 0.29) is 30.0 Å². The highest BCUT2D eigenvalue weighted by Crippen LogP contribution is 2.45. The Morgan fingerprint density at radius 2 is 1.50 bits per heavy atom. The molecule has 0 N–H and O–H groups in total. The van der Waals surface area contributed by atoms with Crippen molar-refractivity contribution in [2.75, 3.05) is 51.3 Å². The Kier molecular flexibility index (Phi) is 11.8. The van der Waals surface area contributed by atoms with Crippen molar-refractivity contribution in [3.63, 3.8) is 0 Å². The van der Waals surface area contributed by atoms with Crippen LogP contribution in [0.4, 0.5) is 4.79 Å². The number of carbonyl (C=O) groups excluding carboxylic acids is 2. The van der Waals surface area contributed by atoms with Gasteiger partial charge < -0.3 is 9.64 Å². The van der Waals surface area contributed by atoms with Crippen LogP contribution < -0.4 is 4.74 Å². The third kappa shape index (κ3) is 8.22. The molecule has 0 bridgehead atoms. The molecule has 5 rings (SSSR count). The lowest BCUT2D eigenvalue weighted by atomic mass is 9.93. The Labute approximate surface area is 286 Å². The fourth-order valence-electron chi connectivity index (χ4n) is 5.67. The third-order valence-electron chi connectivity index (χ3n) is 8.05. The molecule has 3 aromatic rings. The number of sulfone groups is 1. The topological polar surface area (TPSA) is 99.6 Å². The molecule has 0 radical (unpaired) electrons. The normalized spacial score (nSPS) is 18.6. The summed E-state index contributed by atoms with van der Waals surface area (Å²) in [7, 11) is -3.09. The minimum absolute atomic E-state index is 0. The van der Waals surface area contributed by atoms with Gasteiger partial charge in [0.1, 0.15) is 27.5 Å². The number of Topliss-reactive ketones (excluding diaryl/α,β-unsaturated/α-hetero) is 1. The molecule has 2 aliphatic heterocycles. The molecule has 2 heterocycles. The first kappa shape index (κ1) is 35.7. The maximum Gasteiger partial charge on any atom is 0.326 e. The van der Waals surface area contributed by atoms with Crippen molar-refractivity contribution < 1.29 is 22.7 Å². The number of rotatable bonds is 9. The van der Waals surface area contributed by atoms with E-state index in [2.05, 4.69) is 4.90 Å². The Hall–Kier alpha value is -3.15. The Bertz CT molecular complexity index is 1690. The number of nitrogens with zero attached hydrogens (tertiary/aromatic N) is 4. The molecule has 0 spiro atoms. The lowest BCUT2D eigenvalue weighted by molar-refractivity contribution is 0.101. The first-order chi connectivity index (χ1) is 21.4. The molecule has 2 aliphatic rings.